The first kappa shape index (κ1) is 22.0. The maximum absolute atomic E-state index is 12.9. The van der Waals surface area contributed by atoms with Crippen molar-refractivity contribution in [1.29, 1.82) is 0 Å². The molecule has 0 aliphatic carbocycles. The van der Waals surface area contributed by atoms with Crippen LogP contribution in [-0.4, -0.2) is 44.0 Å². The summed E-state index contributed by atoms with van der Waals surface area (Å²) >= 11 is 5.04. The second-order valence-electron chi connectivity index (χ2n) is 8.96. The van der Waals surface area contributed by atoms with Crippen LogP contribution >= 0.6 is 12.2 Å². The van der Waals surface area contributed by atoms with Crippen LogP contribution in [0.2, 0.25) is 0 Å². The number of rotatable bonds is 3. The number of aromatic amines is 1. The molecule has 1 unspecified atom stereocenters. The summed E-state index contributed by atoms with van der Waals surface area (Å²) in [7, 11) is 0. The molecule has 0 bridgehead atoms. The molecule has 168 valence electrons. The minimum absolute atomic E-state index is 0.181. The van der Waals surface area contributed by atoms with E-state index in [2.05, 4.69) is 20.3 Å². The molecule has 4 heterocycles. The lowest BCUT2D eigenvalue weighted by molar-refractivity contribution is 0.00889. The van der Waals surface area contributed by atoms with E-state index in [0.717, 1.165) is 36.2 Å². The Morgan fingerprint density at radius 1 is 1.34 bits per heavy atom. The third-order valence-electron chi connectivity index (χ3n) is 5.54. The summed E-state index contributed by atoms with van der Waals surface area (Å²) in [6, 6.07) is 5.53. The maximum Gasteiger partial charge on any atom is 0.410 e. The van der Waals surface area contributed by atoms with Crippen LogP contribution in [0.5, 0.6) is 0 Å². The SMILES string of the molecule is CC(C)(C)OC(=O)N1CCCCC1c1ncccc1CN1C(=C=S)NC(=O)c2[nH]ccc21. The Kier molecular flexibility index (Phi) is 6.04. The minimum atomic E-state index is -0.568. The first-order chi connectivity index (χ1) is 15.3. The molecule has 2 aromatic rings. The molecule has 9 heteroatoms. The van der Waals surface area contributed by atoms with Gasteiger partial charge in [-0.3, -0.25) is 20.0 Å². The molecule has 2 N–H and O–H groups in total. The zero-order valence-electron chi connectivity index (χ0n) is 18.5. The first-order valence-corrected chi connectivity index (χ1v) is 11.1. The van der Waals surface area contributed by atoms with E-state index in [1.807, 2.05) is 43.9 Å². The Balaban J connectivity index is 1.67. The van der Waals surface area contributed by atoms with Crippen LogP contribution in [0, 0.1) is 0 Å². The largest absolute Gasteiger partial charge is 0.444 e. The van der Waals surface area contributed by atoms with Crippen LogP contribution < -0.4 is 10.2 Å². The van der Waals surface area contributed by atoms with Gasteiger partial charge in [-0.1, -0.05) is 6.07 Å². The molecule has 1 atom stereocenters. The summed E-state index contributed by atoms with van der Waals surface area (Å²) in [6.45, 7) is 6.66. The van der Waals surface area contributed by atoms with Crippen molar-refractivity contribution in [2.75, 3.05) is 11.4 Å². The normalized spacial score (nSPS) is 18.7. The highest BCUT2D eigenvalue weighted by Crippen LogP contribution is 2.35. The monoisotopic (exact) mass is 453 g/mol. The second kappa shape index (κ2) is 8.76. The highest BCUT2D eigenvalue weighted by Gasteiger charge is 2.35. The van der Waals surface area contributed by atoms with Crippen LogP contribution in [0.1, 0.15) is 67.8 Å². The zero-order chi connectivity index (χ0) is 22.9. The number of nitrogens with one attached hydrogen (secondary N) is 2. The number of carbonyl (C=O) groups excluding carboxylic acids is 2. The van der Waals surface area contributed by atoms with Crippen LogP contribution in [0.4, 0.5) is 10.5 Å². The number of likely N-dealkylation sites (tertiary alicyclic amines) is 1. The van der Waals surface area contributed by atoms with Gasteiger partial charge in [0.1, 0.15) is 11.3 Å². The molecule has 4 rings (SSSR count). The molecule has 0 saturated carbocycles. The third-order valence-corrected chi connectivity index (χ3v) is 5.74. The Labute approximate surface area is 192 Å². The highest BCUT2D eigenvalue weighted by atomic mass is 32.1. The van der Waals surface area contributed by atoms with E-state index in [9.17, 15) is 9.59 Å². The average molecular weight is 454 g/mol. The van der Waals surface area contributed by atoms with Gasteiger partial charge in [0.15, 0.2) is 5.82 Å². The van der Waals surface area contributed by atoms with Gasteiger partial charge >= 0.3 is 6.09 Å². The van der Waals surface area contributed by atoms with Gasteiger partial charge in [-0.2, -0.15) is 0 Å². The summed E-state index contributed by atoms with van der Waals surface area (Å²) in [6.07, 6.45) is 5.89. The van der Waals surface area contributed by atoms with Gasteiger partial charge in [0.25, 0.3) is 5.91 Å². The molecular weight excluding hydrogens is 426 g/mol. The molecule has 1 saturated heterocycles. The molecule has 0 spiro atoms. The van der Waals surface area contributed by atoms with E-state index in [0.29, 0.717) is 24.6 Å². The number of aromatic nitrogens is 2. The maximum atomic E-state index is 12.9. The summed E-state index contributed by atoms with van der Waals surface area (Å²) in [4.78, 5) is 36.6. The molecule has 2 aliphatic heterocycles. The van der Waals surface area contributed by atoms with Crippen LogP contribution in [-0.2, 0) is 11.3 Å². The number of anilines is 1. The fourth-order valence-electron chi connectivity index (χ4n) is 4.18. The first-order valence-electron chi connectivity index (χ1n) is 10.7. The number of hydrogen-bond acceptors (Lipinski definition) is 6. The van der Waals surface area contributed by atoms with E-state index >= 15 is 0 Å². The Hall–Kier alpha value is -3.16. The van der Waals surface area contributed by atoms with Crippen molar-refractivity contribution < 1.29 is 14.3 Å². The third kappa shape index (κ3) is 4.40. The Bertz CT molecular complexity index is 1080. The Morgan fingerprint density at radius 3 is 2.91 bits per heavy atom. The molecule has 8 nitrogen and oxygen atoms in total. The summed E-state index contributed by atoms with van der Waals surface area (Å²) in [5, 5.41) is 5.44. The van der Waals surface area contributed by atoms with Crippen molar-refractivity contribution >= 4 is 34.9 Å². The number of thiocarbonyl (C=S) groups is 1. The van der Waals surface area contributed by atoms with E-state index in [4.69, 9.17) is 17.0 Å². The number of nitrogens with zero attached hydrogens (tertiary/aromatic N) is 3. The van der Waals surface area contributed by atoms with Crippen molar-refractivity contribution in [2.24, 2.45) is 0 Å². The predicted molar refractivity (Wildman–Crippen MR) is 124 cm³/mol. The van der Waals surface area contributed by atoms with Crippen LogP contribution in [0.3, 0.4) is 0 Å². The number of fused-ring (bicyclic) bond motifs is 1. The van der Waals surface area contributed by atoms with Crippen molar-refractivity contribution in [2.45, 2.75) is 58.2 Å². The number of H-pyrrole nitrogens is 1. The van der Waals surface area contributed by atoms with Gasteiger partial charge in [0.2, 0.25) is 0 Å². The molecule has 2 aliphatic rings. The lowest BCUT2D eigenvalue weighted by atomic mass is 9.96. The number of ether oxygens (including phenoxy) is 1. The van der Waals surface area contributed by atoms with Crippen LogP contribution in [0.25, 0.3) is 0 Å². The van der Waals surface area contributed by atoms with Crippen molar-refractivity contribution in [3.8, 4) is 0 Å². The molecule has 0 aromatic carbocycles. The van der Waals surface area contributed by atoms with Crippen molar-refractivity contribution in [3.05, 3.63) is 53.4 Å². The lowest BCUT2D eigenvalue weighted by Crippen LogP contribution is -2.43. The molecule has 2 aromatic heterocycles. The molecular formula is C23H27N5O3S. The highest BCUT2D eigenvalue weighted by molar-refractivity contribution is 7.78. The summed E-state index contributed by atoms with van der Waals surface area (Å²) < 4.78 is 5.67. The summed E-state index contributed by atoms with van der Waals surface area (Å²) in [5.74, 6) is 0.169. The van der Waals surface area contributed by atoms with Gasteiger partial charge in [-0.25, -0.2) is 4.79 Å². The minimum Gasteiger partial charge on any atom is -0.444 e. The van der Waals surface area contributed by atoms with Gasteiger partial charge in [0.05, 0.1) is 24.0 Å². The van der Waals surface area contributed by atoms with Gasteiger partial charge in [-0.15, -0.1) is 0 Å². The Morgan fingerprint density at radius 2 is 2.16 bits per heavy atom. The number of piperidine rings is 1. The summed E-state index contributed by atoms with van der Waals surface area (Å²) in [5.41, 5.74) is 2.40. The quantitative estimate of drug-likeness (QED) is 0.681. The second-order valence-corrected chi connectivity index (χ2v) is 9.17. The van der Waals surface area contributed by atoms with Crippen molar-refractivity contribution in [1.82, 2.24) is 20.2 Å². The number of hydrogen-bond donors (Lipinski definition) is 2. The smallest absolute Gasteiger partial charge is 0.410 e. The average Bonchev–Trinajstić information content (AvgIpc) is 3.25. The molecule has 2 amide bonds. The van der Waals surface area contributed by atoms with Crippen LogP contribution in [0.15, 0.2) is 36.4 Å². The molecule has 32 heavy (non-hydrogen) atoms. The number of amides is 2. The van der Waals surface area contributed by atoms with E-state index < -0.39 is 5.60 Å². The topological polar surface area (TPSA) is 90.6 Å². The number of carbonyl (C=O) groups is 2. The standard InChI is InChI=1S/C23H27N5O3S/c1-23(2,3)31-22(30)27-12-5-4-8-16(27)19-15(7-6-10-24-19)13-28-17-9-11-25-20(17)21(29)26-18(28)14-32/h6-7,9-11,16,25H,4-5,8,12-13H2,1-3H3,(H,26,29). The zero-order valence-corrected chi connectivity index (χ0v) is 19.3. The van der Waals surface area contributed by atoms with Gasteiger partial charge in [0, 0.05) is 18.9 Å². The van der Waals surface area contributed by atoms with Crippen molar-refractivity contribution in [3.63, 3.8) is 0 Å². The number of pyridine rings is 1. The predicted octanol–water partition coefficient (Wildman–Crippen LogP) is 4.06. The fraction of sp³-hybridized carbons (Fsp3) is 0.435. The van der Waals surface area contributed by atoms with Gasteiger partial charge in [-0.05, 0) is 75.0 Å². The van der Waals surface area contributed by atoms with E-state index in [-0.39, 0.29) is 18.0 Å². The van der Waals surface area contributed by atoms with E-state index in [1.54, 1.807) is 17.3 Å². The lowest BCUT2D eigenvalue weighted by Gasteiger charge is -2.37. The van der Waals surface area contributed by atoms with E-state index in [1.165, 1.54) is 0 Å². The molecule has 0 radical (unpaired) electrons. The fourth-order valence-corrected chi connectivity index (χ4v) is 4.34. The van der Waals surface area contributed by atoms with Gasteiger partial charge < -0.3 is 14.6 Å². The molecule has 1 fully saturated rings.